The third-order valence-electron chi connectivity index (χ3n) is 6.25. The van der Waals surface area contributed by atoms with Gasteiger partial charge in [0, 0.05) is 29.4 Å². The predicted octanol–water partition coefficient (Wildman–Crippen LogP) is 4.96. The largest absolute Gasteiger partial charge is 0.344 e. The lowest BCUT2D eigenvalue weighted by Crippen LogP contribution is -2.33. The zero-order chi connectivity index (χ0) is 22.9. The molecule has 1 unspecified atom stereocenters. The molecule has 1 atom stereocenters. The second kappa shape index (κ2) is 8.60. The van der Waals surface area contributed by atoms with Crippen LogP contribution in [0.5, 0.6) is 0 Å². The van der Waals surface area contributed by atoms with Gasteiger partial charge in [0.1, 0.15) is 0 Å². The van der Waals surface area contributed by atoms with Crippen LogP contribution in [0, 0.1) is 6.92 Å². The number of benzene rings is 3. The standard InChI is InChI=1S/C28H26N4O/c1-17-5-3-6-20(11-17)26(15-29)32-28(33)25-14-23(12-21-7-4-10-30-27(21)25)19-8-9-22-16-31-18(2)24(22)13-19/h3-14,26H,15-16,29H2,1-2H3,(H,32,33). The minimum absolute atomic E-state index is 0.184. The average Bonchev–Trinajstić information content (AvgIpc) is 3.21. The number of rotatable bonds is 5. The van der Waals surface area contributed by atoms with Crippen LogP contribution in [0.1, 0.15) is 45.6 Å². The monoisotopic (exact) mass is 434 g/mol. The van der Waals surface area contributed by atoms with Crippen molar-refractivity contribution in [2.45, 2.75) is 26.4 Å². The second-order valence-corrected chi connectivity index (χ2v) is 8.55. The molecule has 5 heteroatoms. The fraction of sp³-hybridized carbons (Fsp3) is 0.179. The lowest BCUT2D eigenvalue weighted by molar-refractivity contribution is 0.0939. The smallest absolute Gasteiger partial charge is 0.254 e. The first-order valence-electron chi connectivity index (χ1n) is 11.1. The summed E-state index contributed by atoms with van der Waals surface area (Å²) in [6.45, 7) is 5.11. The minimum atomic E-state index is -0.279. The number of aliphatic imine (C=N–C) groups is 1. The van der Waals surface area contributed by atoms with E-state index in [2.05, 4.69) is 45.6 Å². The Morgan fingerprint density at radius 1 is 1.03 bits per heavy atom. The van der Waals surface area contributed by atoms with Crippen LogP contribution >= 0.6 is 0 Å². The van der Waals surface area contributed by atoms with Crippen molar-refractivity contribution in [3.63, 3.8) is 0 Å². The van der Waals surface area contributed by atoms with Crippen molar-refractivity contribution in [1.82, 2.24) is 10.3 Å². The summed E-state index contributed by atoms with van der Waals surface area (Å²) in [5, 5.41) is 4.05. The van der Waals surface area contributed by atoms with Crippen LogP contribution in [0.25, 0.3) is 22.0 Å². The maximum Gasteiger partial charge on any atom is 0.254 e. The fourth-order valence-corrected chi connectivity index (χ4v) is 4.45. The molecule has 3 N–H and O–H groups in total. The van der Waals surface area contributed by atoms with Gasteiger partial charge in [-0.25, -0.2) is 0 Å². The normalized spacial score (nSPS) is 13.5. The van der Waals surface area contributed by atoms with Gasteiger partial charge in [0.25, 0.3) is 5.91 Å². The molecular formula is C28H26N4O. The molecule has 0 spiro atoms. The number of nitrogens with zero attached hydrogens (tertiary/aromatic N) is 2. The molecule has 164 valence electrons. The number of amides is 1. The number of aryl methyl sites for hydroxylation is 1. The SMILES string of the molecule is CC1=NCc2ccc(-c3cc(C(=O)NC(CN)c4cccc(C)c4)c4ncccc4c3)cc21. The Hall–Kier alpha value is -3.83. The third kappa shape index (κ3) is 4.03. The minimum Gasteiger partial charge on any atom is -0.344 e. The Morgan fingerprint density at radius 3 is 2.73 bits per heavy atom. The highest BCUT2D eigenvalue weighted by Crippen LogP contribution is 2.30. The molecule has 5 rings (SSSR count). The van der Waals surface area contributed by atoms with Gasteiger partial charge in [-0.1, -0.05) is 48.0 Å². The van der Waals surface area contributed by atoms with Gasteiger partial charge in [-0.05, 0) is 60.4 Å². The molecule has 33 heavy (non-hydrogen) atoms. The van der Waals surface area contributed by atoms with Gasteiger partial charge in [0.05, 0.1) is 23.7 Å². The number of carbonyl (C=O) groups is 1. The maximum atomic E-state index is 13.5. The van der Waals surface area contributed by atoms with E-state index in [4.69, 9.17) is 5.73 Å². The Bertz CT molecular complexity index is 1410. The molecule has 3 aromatic carbocycles. The molecule has 0 radical (unpaired) electrons. The summed E-state index contributed by atoms with van der Waals surface area (Å²) in [7, 11) is 0. The van der Waals surface area contributed by atoms with Gasteiger partial charge in [0.2, 0.25) is 0 Å². The number of nitrogens with two attached hydrogens (primary N) is 1. The quantitative estimate of drug-likeness (QED) is 0.466. The van der Waals surface area contributed by atoms with Crippen LogP contribution < -0.4 is 11.1 Å². The molecule has 2 heterocycles. The van der Waals surface area contributed by atoms with E-state index in [-0.39, 0.29) is 11.9 Å². The zero-order valence-electron chi connectivity index (χ0n) is 18.8. The van der Waals surface area contributed by atoms with Crippen LogP contribution in [0.3, 0.4) is 0 Å². The summed E-state index contributed by atoms with van der Waals surface area (Å²) in [5.74, 6) is -0.184. The third-order valence-corrected chi connectivity index (χ3v) is 6.25. The van der Waals surface area contributed by atoms with Gasteiger partial charge in [-0.2, -0.15) is 0 Å². The van der Waals surface area contributed by atoms with E-state index in [0.717, 1.165) is 39.9 Å². The number of fused-ring (bicyclic) bond motifs is 2. The van der Waals surface area contributed by atoms with Crippen LogP contribution in [0.2, 0.25) is 0 Å². The van der Waals surface area contributed by atoms with E-state index >= 15 is 0 Å². The maximum absolute atomic E-state index is 13.5. The topological polar surface area (TPSA) is 80.4 Å². The summed E-state index contributed by atoms with van der Waals surface area (Å²) >= 11 is 0. The Morgan fingerprint density at radius 2 is 1.91 bits per heavy atom. The molecule has 0 bridgehead atoms. The molecular weight excluding hydrogens is 408 g/mol. The second-order valence-electron chi connectivity index (χ2n) is 8.55. The summed E-state index contributed by atoms with van der Waals surface area (Å²) in [5.41, 5.74) is 14.9. The number of carbonyl (C=O) groups excluding carboxylic acids is 1. The first-order valence-corrected chi connectivity index (χ1v) is 11.1. The van der Waals surface area contributed by atoms with Crippen molar-refractivity contribution >= 4 is 22.5 Å². The number of pyridine rings is 1. The molecule has 0 saturated carbocycles. The van der Waals surface area contributed by atoms with Crippen LogP contribution in [0.4, 0.5) is 0 Å². The van der Waals surface area contributed by atoms with E-state index < -0.39 is 0 Å². The van der Waals surface area contributed by atoms with Gasteiger partial charge in [-0.3, -0.25) is 14.8 Å². The predicted molar refractivity (Wildman–Crippen MR) is 134 cm³/mol. The molecule has 1 amide bonds. The van der Waals surface area contributed by atoms with Gasteiger partial charge in [-0.15, -0.1) is 0 Å². The Labute approximate surface area is 193 Å². The number of aromatic nitrogens is 1. The van der Waals surface area contributed by atoms with E-state index in [9.17, 15) is 4.79 Å². The summed E-state index contributed by atoms with van der Waals surface area (Å²) in [4.78, 5) is 22.5. The summed E-state index contributed by atoms with van der Waals surface area (Å²) in [6.07, 6.45) is 1.72. The van der Waals surface area contributed by atoms with Crippen molar-refractivity contribution in [2.75, 3.05) is 6.54 Å². The number of nitrogens with one attached hydrogen (secondary N) is 1. The molecule has 0 saturated heterocycles. The highest BCUT2D eigenvalue weighted by molar-refractivity contribution is 6.08. The van der Waals surface area contributed by atoms with E-state index in [1.807, 2.05) is 50.2 Å². The van der Waals surface area contributed by atoms with Crippen LogP contribution in [-0.4, -0.2) is 23.1 Å². The van der Waals surface area contributed by atoms with Gasteiger partial charge < -0.3 is 11.1 Å². The lowest BCUT2D eigenvalue weighted by Gasteiger charge is -2.19. The van der Waals surface area contributed by atoms with Gasteiger partial charge in [0.15, 0.2) is 0 Å². The summed E-state index contributed by atoms with van der Waals surface area (Å²) < 4.78 is 0. The van der Waals surface area contributed by atoms with Crippen molar-refractivity contribution < 1.29 is 4.79 Å². The van der Waals surface area contributed by atoms with Crippen LogP contribution in [0.15, 0.2) is 77.9 Å². The van der Waals surface area contributed by atoms with Crippen molar-refractivity contribution in [3.05, 3.63) is 101 Å². The Balaban J connectivity index is 1.56. The first kappa shape index (κ1) is 21.0. The summed E-state index contributed by atoms with van der Waals surface area (Å²) in [6, 6.07) is 22.1. The molecule has 1 aromatic heterocycles. The Kier molecular flexibility index (Phi) is 5.48. The highest BCUT2D eigenvalue weighted by atomic mass is 16.1. The van der Waals surface area contributed by atoms with Gasteiger partial charge >= 0.3 is 0 Å². The zero-order valence-corrected chi connectivity index (χ0v) is 18.8. The molecule has 0 aliphatic carbocycles. The highest BCUT2D eigenvalue weighted by Gasteiger charge is 2.19. The van der Waals surface area contributed by atoms with Crippen molar-refractivity contribution in [1.29, 1.82) is 0 Å². The molecule has 5 nitrogen and oxygen atoms in total. The first-order chi connectivity index (χ1) is 16.0. The number of hydrogen-bond donors (Lipinski definition) is 2. The molecule has 1 aliphatic rings. The van der Waals surface area contributed by atoms with Crippen molar-refractivity contribution in [2.24, 2.45) is 10.7 Å². The van der Waals surface area contributed by atoms with E-state index in [0.29, 0.717) is 17.6 Å². The van der Waals surface area contributed by atoms with Crippen LogP contribution in [-0.2, 0) is 6.54 Å². The van der Waals surface area contributed by atoms with E-state index in [1.54, 1.807) is 6.20 Å². The number of hydrogen-bond acceptors (Lipinski definition) is 4. The fourth-order valence-electron chi connectivity index (χ4n) is 4.45. The van der Waals surface area contributed by atoms with E-state index in [1.165, 1.54) is 11.1 Å². The molecule has 0 fully saturated rings. The molecule has 1 aliphatic heterocycles. The van der Waals surface area contributed by atoms with Crippen molar-refractivity contribution in [3.8, 4) is 11.1 Å². The molecule has 4 aromatic rings. The average molecular weight is 435 g/mol. The lowest BCUT2D eigenvalue weighted by atomic mass is 9.95.